The van der Waals surface area contributed by atoms with Gasteiger partial charge in [-0.15, -0.1) is 0 Å². The molecule has 2 aromatic rings. The van der Waals surface area contributed by atoms with E-state index in [1.165, 1.54) is 32.1 Å². The van der Waals surface area contributed by atoms with Gasteiger partial charge in [-0.25, -0.2) is 0 Å². The van der Waals surface area contributed by atoms with Crippen molar-refractivity contribution in [3.05, 3.63) is 65.7 Å². The molecule has 0 spiro atoms. The lowest BCUT2D eigenvalue weighted by Crippen LogP contribution is -2.40. The van der Waals surface area contributed by atoms with Gasteiger partial charge in [0, 0.05) is 11.6 Å². The molecule has 2 aromatic carbocycles. The molecular formula is C21H25N3OS. The van der Waals surface area contributed by atoms with Crippen LogP contribution in [0.25, 0.3) is 0 Å². The summed E-state index contributed by atoms with van der Waals surface area (Å²) in [6.07, 6.45) is 7.99. The monoisotopic (exact) mass is 367 g/mol. The van der Waals surface area contributed by atoms with Crippen molar-refractivity contribution in [2.45, 2.75) is 44.8 Å². The first kappa shape index (κ1) is 18.4. The van der Waals surface area contributed by atoms with Crippen molar-refractivity contribution in [3.8, 4) is 5.75 Å². The molecule has 0 heterocycles. The Balaban J connectivity index is 1.52. The molecule has 1 aliphatic rings. The first-order valence-electron chi connectivity index (χ1n) is 9.16. The molecule has 0 unspecified atom stereocenters. The van der Waals surface area contributed by atoms with Crippen molar-refractivity contribution in [2.24, 2.45) is 5.10 Å². The van der Waals surface area contributed by atoms with Crippen LogP contribution in [-0.4, -0.2) is 17.4 Å². The molecule has 26 heavy (non-hydrogen) atoms. The fraction of sp³-hybridized carbons (Fsp3) is 0.333. The van der Waals surface area contributed by atoms with Crippen LogP contribution >= 0.6 is 12.2 Å². The lowest BCUT2D eigenvalue weighted by molar-refractivity contribution is 0.306. The molecule has 0 aliphatic heterocycles. The molecule has 0 atom stereocenters. The van der Waals surface area contributed by atoms with Crippen molar-refractivity contribution in [3.63, 3.8) is 0 Å². The molecule has 4 nitrogen and oxygen atoms in total. The largest absolute Gasteiger partial charge is 0.488 e. The summed E-state index contributed by atoms with van der Waals surface area (Å²) in [5.74, 6) is 0.799. The van der Waals surface area contributed by atoms with E-state index in [1.54, 1.807) is 6.21 Å². The summed E-state index contributed by atoms with van der Waals surface area (Å²) in [5.41, 5.74) is 4.96. The summed E-state index contributed by atoms with van der Waals surface area (Å²) >= 11 is 5.33. The fourth-order valence-electron chi connectivity index (χ4n) is 3.08. The number of rotatable bonds is 6. The van der Waals surface area contributed by atoms with Crippen LogP contribution in [0.1, 0.15) is 43.2 Å². The lowest BCUT2D eigenvalue weighted by Gasteiger charge is -2.23. The zero-order valence-corrected chi connectivity index (χ0v) is 15.7. The first-order valence-corrected chi connectivity index (χ1v) is 9.57. The number of para-hydroxylation sites is 1. The number of hydrogen-bond acceptors (Lipinski definition) is 3. The third-order valence-corrected chi connectivity index (χ3v) is 4.68. The van der Waals surface area contributed by atoms with E-state index in [2.05, 4.69) is 15.8 Å². The van der Waals surface area contributed by atoms with Gasteiger partial charge in [-0.3, -0.25) is 5.43 Å². The average Bonchev–Trinajstić information content (AvgIpc) is 2.69. The Morgan fingerprint density at radius 2 is 1.77 bits per heavy atom. The number of thiocarbonyl (C=S) groups is 1. The van der Waals surface area contributed by atoms with Crippen LogP contribution in [0, 0.1) is 0 Å². The molecule has 3 rings (SSSR count). The highest BCUT2D eigenvalue weighted by Crippen LogP contribution is 2.18. The number of hydrazone groups is 1. The van der Waals surface area contributed by atoms with E-state index in [1.807, 2.05) is 54.6 Å². The van der Waals surface area contributed by atoms with Crippen molar-refractivity contribution in [1.82, 2.24) is 10.7 Å². The van der Waals surface area contributed by atoms with Gasteiger partial charge in [0.05, 0.1) is 6.21 Å². The summed E-state index contributed by atoms with van der Waals surface area (Å²) < 4.78 is 5.93. The second-order valence-corrected chi connectivity index (χ2v) is 6.90. The standard InChI is InChI=1S/C21H25N3OS/c26-21(23-19-12-5-2-6-13-19)24-22-15-18-11-7-8-14-20(18)25-16-17-9-3-1-4-10-17/h1,3-4,7-11,14-15,19H,2,5-6,12-13,16H2,(H2,23,24,26)/b22-15-. The number of nitrogens with one attached hydrogen (secondary N) is 2. The van der Waals surface area contributed by atoms with E-state index in [0.717, 1.165) is 16.9 Å². The Morgan fingerprint density at radius 3 is 2.58 bits per heavy atom. The maximum absolute atomic E-state index is 5.93. The molecule has 0 bridgehead atoms. The highest BCUT2D eigenvalue weighted by molar-refractivity contribution is 7.80. The van der Waals surface area contributed by atoms with Crippen LogP contribution in [0.2, 0.25) is 0 Å². The minimum atomic E-state index is 0.473. The summed E-state index contributed by atoms with van der Waals surface area (Å²) in [6, 6.07) is 18.4. The average molecular weight is 368 g/mol. The Hall–Kier alpha value is -2.40. The van der Waals surface area contributed by atoms with E-state index in [0.29, 0.717) is 17.8 Å². The quantitative estimate of drug-likeness (QED) is 0.451. The smallest absolute Gasteiger partial charge is 0.187 e. The predicted octanol–water partition coefficient (Wildman–Crippen LogP) is 4.40. The molecule has 1 saturated carbocycles. The molecule has 0 saturated heterocycles. The molecule has 1 fully saturated rings. The maximum Gasteiger partial charge on any atom is 0.187 e. The number of ether oxygens (including phenoxy) is 1. The highest BCUT2D eigenvalue weighted by Gasteiger charge is 2.13. The van der Waals surface area contributed by atoms with Gasteiger partial charge in [0.1, 0.15) is 12.4 Å². The number of benzene rings is 2. The van der Waals surface area contributed by atoms with Crippen LogP contribution in [0.3, 0.4) is 0 Å². The SMILES string of the molecule is S=C(N/N=C\c1ccccc1OCc1ccccc1)NC1CCCCC1. The van der Waals surface area contributed by atoms with Gasteiger partial charge < -0.3 is 10.1 Å². The van der Waals surface area contributed by atoms with Crippen LogP contribution in [0.4, 0.5) is 0 Å². The summed E-state index contributed by atoms with van der Waals surface area (Å²) in [4.78, 5) is 0. The second-order valence-electron chi connectivity index (χ2n) is 6.49. The topological polar surface area (TPSA) is 45.7 Å². The Bertz CT molecular complexity index is 727. The third-order valence-electron chi connectivity index (χ3n) is 4.47. The fourth-order valence-corrected chi connectivity index (χ4v) is 3.30. The molecule has 0 aromatic heterocycles. The normalized spacial score (nSPS) is 14.9. The minimum Gasteiger partial charge on any atom is -0.488 e. The first-order chi connectivity index (χ1) is 12.8. The third kappa shape index (κ3) is 5.85. The van der Waals surface area contributed by atoms with Gasteiger partial charge in [-0.2, -0.15) is 5.10 Å². The maximum atomic E-state index is 5.93. The summed E-state index contributed by atoms with van der Waals surface area (Å²) in [7, 11) is 0. The van der Waals surface area contributed by atoms with E-state index >= 15 is 0 Å². The molecule has 0 radical (unpaired) electrons. The number of nitrogens with zero attached hydrogens (tertiary/aromatic N) is 1. The van der Waals surface area contributed by atoms with Crippen molar-refractivity contribution < 1.29 is 4.74 Å². The van der Waals surface area contributed by atoms with Gasteiger partial charge in [0.15, 0.2) is 5.11 Å². The van der Waals surface area contributed by atoms with Gasteiger partial charge >= 0.3 is 0 Å². The van der Waals surface area contributed by atoms with Gasteiger partial charge in [-0.1, -0.05) is 61.7 Å². The van der Waals surface area contributed by atoms with Crippen molar-refractivity contribution in [1.29, 1.82) is 0 Å². The Labute approximate surface area is 160 Å². The summed E-state index contributed by atoms with van der Waals surface area (Å²) in [5, 5.41) is 8.19. The molecule has 2 N–H and O–H groups in total. The molecule has 0 amide bonds. The lowest BCUT2D eigenvalue weighted by atomic mass is 9.96. The van der Waals surface area contributed by atoms with Crippen LogP contribution in [-0.2, 0) is 6.61 Å². The van der Waals surface area contributed by atoms with Crippen LogP contribution < -0.4 is 15.5 Å². The zero-order chi connectivity index (χ0) is 18.0. The van der Waals surface area contributed by atoms with Crippen LogP contribution in [0.15, 0.2) is 59.7 Å². The molecule has 136 valence electrons. The molecule has 1 aliphatic carbocycles. The molecule has 5 heteroatoms. The van der Waals surface area contributed by atoms with Gasteiger partial charge in [0.25, 0.3) is 0 Å². The van der Waals surface area contributed by atoms with E-state index < -0.39 is 0 Å². The van der Waals surface area contributed by atoms with Crippen molar-refractivity contribution in [2.75, 3.05) is 0 Å². The predicted molar refractivity (Wildman–Crippen MR) is 111 cm³/mol. The summed E-state index contributed by atoms with van der Waals surface area (Å²) in [6.45, 7) is 0.529. The van der Waals surface area contributed by atoms with E-state index in [9.17, 15) is 0 Å². The van der Waals surface area contributed by atoms with E-state index in [4.69, 9.17) is 17.0 Å². The Morgan fingerprint density at radius 1 is 1.04 bits per heavy atom. The van der Waals surface area contributed by atoms with Gasteiger partial charge in [0.2, 0.25) is 0 Å². The Kier molecular flexibility index (Phi) is 7.02. The zero-order valence-electron chi connectivity index (χ0n) is 14.9. The minimum absolute atomic E-state index is 0.473. The van der Waals surface area contributed by atoms with Crippen LogP contribution in [0.5, 0.6) is 5.75 Å². The second kappa shape index (κ2) is 9.92. The van der Waals surface area contributed by atoms with Gasteiger partial charge in [-0.05, 0) is 42.8 Å². The number of hydrogen-bond donors (Lipinski definition) is 2. The van der Waals surface area contributed by atoms with Crippen molar-refractivity contribution >= 4 is 23.5 Å². The molecular weight excluding hydrogens is 342 g/mol. The van der Waals surface area contributed by atoms with E-state index in [-0.39, 0.29) is 0 Å². The highest BCUT2D eigenvalue weighted by atomic mass is 32.1.